The van der Waals surface area contributed by atoms with Crippen LogP contribution in [-0.2, 0) is 16.0 Å². The van der Waals surface area contributed by atoms with Gasteiger partial charge in [-0.25, -0.2) is 0 Å². The maximum atomic E-state index is 13.0. The SMILES string of the molecule is Cc1ccccc1C(=O)NC(CC(C)C)C(=O)Nc1ccc(CCN2CCC(C(N)=O)CC2)cc1. The fourth-order valence-electron chi connectivity index (χ4n) is 4.48. The molecule has 3 rings (SSSR count). The van der Waals surface area contributed by atoms with Crippen LogP contribution in [0.25, 0.3) is 0 Å². The molecule has 1 aliphatic rings. The van der Waals surface area contributed by atoms with Gasteiger partial charge in [0, 0.05) is 23.7 Å². The van der Waals surface area contributed by atoms with Crippen LogP contribution in [0.1, 0.15) is 54.6 Å². The van der Waals surface area contributed by atoms with Crippen molar-refractivity contribution in [3.63, 3.8) is 0 Å². The number of nitrogens with zero attached hydrogens (tertiary/aromatic N) is 1. The number of nitrogens with two attached hydrogens (primary N) is 1. The average Bonchev–Trinajstić information content (AvgIpc) is 2.83. The number of hydrogen-bond donors (Lipinski definition) is 3. The fourth-order valence-corrected chi connectivity index (χ4v) is 4.48. The third-order valence-corrected chi connectivity index (χ3v) is 6.65. The van der Waals surface area contributed by atoms with Gasteiger partial charge in [0.1, 0.15) is 6.04 Å². The molecule has 3 amide bonds. The number of piperidine rings is 1. The Balaban J connectivity index is 1.53. The molecule has 35 heavy (non-hydrogen) atoms. The number of primary amides is 1. The summed E-state index contributed by atoms with van der Waals surface area (Å²) in [5.41, 5.74) is 8.77. The largest absolute Gasteiger partial charge is 0.369 e. The van der Waals surface area contributed by atoms with Gasteiger partial charge in [-0.15, -0.1) is 0 Å². The number of amides is 3. The number of benzene rings is 2. The molecule has 2 aromatic carbocycles. The van der Waals surface area contributed by atoms with Gasteiger partial charge in [0.2, 0.25) is 11.8 Å². The molecule has 1 heterocycles. The van der Waals surface area contributed by atoms with E-state index in [9.17, 15) is 14.4 Å². The molecule has 0 aromatic heterocycles. The van der Waals surface area contributed by atoms with Gasteiger partial charge in [-0.3, -0.25) is 14.4 Å². The molecule has 1 saturated heterocycles. The lowest BCUT2D eigenvalue weighted by Crippen LogP contribution is -2.44. The van der Waals surface area contributed by atoms with E-state index < -0.39 is 6.04 Å². The quantitative estimate of drug-likeness (QED) is 0.486. The van der Waals surface area contributed by atoms with Crippen molar-refractivity contribution in [2.24, 2.45) is 17.6 Å². The lowest BCUT2D eigenvalue weighted by molar-refractivity contribution is -0.123. The molecule has 1 aliphatic heterocycles. The van der Waals surface area contributed by atoms with Crippen LogP contribution in [0.5, 0.6) is 0 Å². The molecule has 0 bridgehead atoms. The van der Waals surface area contributed by atoms with Crippen molar-refractivity contribution in [3.8, 4) is 0 Å². The topological polar surface area (TPSA) is 105 Å². The number of anilines is 1. The maximum Gasteiger partial charge on any atom is 0.252 e. The Bertz CT molecular complexity index is 1010. The number of likely N-dealkylation sites (tertiary alicyclic amines) is 1. The Morgan fingerprint density at radius 2 is 1.69 bits per heavy atom. The molecule has 0 saturated carbocycles. The standard InChI is InChI=1S/C28H38N4O3/c1-19(2)18-25(31-27(34)24-7-5-4-6-20(24)3)28(35)30-23-10-8-21(9-11-23)12-15-32-16-13-22(14-17-32)26(29)33/h4-11,19,22,25H,12-18H2,1-3H3,(H2,29,33)(H,30,35)(H,31,34). The molecule has 188 valence electrons. The van der Waals surface area contributed by atoms with Crippen molar-refractivity contribution in [1.29, 1.82) is 0 Å². The summed E-state index contributed by atoms with van der Waals surface area (Å²) < 4.78 is 0. The van der Waals surface area contributed by atoms with Crippen LogP contribution in [0.4, 0.5) is 5.69 Å². The van der Waals surface area contributed by atoms with E-state index in [1.165, 1.54) is 5.56 Å². The zero-order valence-electron chi connectivity index (χ0n) is 21.0. The predicted octanol–water partition coefficient (Wildman–Crippen LogP) is 3.52. The van der Waals surface area contributed by atoms with E-state index >= 15 is 0 Å². The molecule has 1 atom stereocenters. The molecule has 0 radical (unpaired) electrons. The smallest absolute Gasteiger partial charge is 0.252 e. The van der Waals surface area contributed by atoms with E-state index in [2.05, 4.69) is 15.5 Å². The minimum atomic E-state index is -0.620. The first-order valence-corrected chi connectivity index (χ1v) is 12.5. The molecular weight excluding hydrogens is 440 g/mol. The first kappa shape index (κ1) is 26.4. The first-order valence-electron chi connectivity index (χ1n) is 12.5. The highest BCUT2D eigenvalue weighted by Crippen LogP contribution is 2.18. The third kappa shape index (κ3) is 7.92. The molecule has 1 fully saturated rings. The molecule has 7 heteroatoms. The lowest BCUT2D eigenvalue weighted by atomic mass is 9.96. The Morgan fingerprint density at radius 1 is 1.03 bits per heavy atom. The van der Waals surface area contributed by atoms with E-state index in [0.717, 1.165) is 44.5 Å². The Morgan fingerprint density at radius 3 is 2.29 bits per heavy atom. The van der Waals surface area contributed by atoms with Gasteiger partial charge in [-0.1, -0.05) is 44.2 Å². The van der Waals surface area contributed by atoms with Gasteiger partial charge in [0.05, 0.1) is 0 Å². The van der Waals surface area contributed by atoms with Crippen LogP contribution >= 0.6 is 0 Å². The van der Waals surface area contributed by atoms with E-state index in [4.69, 9.17) is 5.73 Å². The van der Waals surface area contributed by atoms with Crippen LogP contribution in [0.2, 0.25) is 0 Å². The van der Waals surface area contributed by atoms with Crippen LogP contribution in [0.3, 0.4) is 0 Å². The van der Waals surface area contributed by atoms with E-state index in [0.29, 0.717) is 17.7 Å². The summed E-state index contributed by atoms with van der Waals surface area (Å²) in [6, 6.07) is 14.6. The number of aryl methyl sites for hydroxylation is 1. The summed E-state index contributed by atoms with van der Waals surface area (Å²) in [4.78, 5) is 39.5. The predicted molar refractivity (Wildman–Crippen MR) is 139 cm³/mol. The maximum absolute atomic E-state index is 13.0. The van der Waals surface area contributed by atoms with E-state index in [1.54, 1.807) is 6.07 Å². The highest BCUT2D eigenvalue weighted by Gasteiger charge is 2.24. The highest BCUT2D eigenvalue weighted by atomic mass is 16.2. The van der Waals surface area contributed by atoms with Gasteiger partial charge in [-0.05, 0) is 80.9 Å². The second kappa shape index (κ2) is 12.5. The second-order valence-corrected chi connectivity index (χ2v) is 9.92. The molecule has 2 aromatic rings. The molecule has 0 aliphatic carbocycles. The van der Waals surface area contributed by atoms with Gasteiger partial charge >= 0.3 is 0 Å². The van der Waals surface area contributed by atoms with Crippen LogP contribution < -0.4 is 16.4 Å². The minimum absolute atomic E-state index is 0.00941. The van der Waals surface area contributed by atoms with Crippen molar-refractivity contribution in [2.75, 3.05) is 25.0 Å². The molecule has 0 spiro atoms. The second-order valence-electron chi connectivity index (χ2n) is 9.92. The van der Waals surface area contributed by atoms with Gasteiger partial charge in [0.15, 0.2) is 0 Å². The summed E-state index contributed by atoms with van der Waals surface area (Å²) in [6.07, 6.45) is 3.11. The third-order valence-electron chi connectivity index (χ3n) is 6.65. The van der Waals surface area contributed by atoms with Crippen LogP contribution in [0, 0.1) is 18.8 Å². The Labute approximate surface area is 208 Å². The molecule has 4 N–H and O–H groups in total. The van der Waals surface area contributed by atoms with Crippen LogP contribution in [-0.4, -0.2) is 48.3 Å². The minimum Gasteiger partial charge on any atom is -0.369 e. The van der Waals surface area contributed by atoms with Gasteiger partial charge < -0.3 is 21.3 Å². The monoisotopic (exact) mass is 478 g/mol. The zero-order valence-corrected chi connectivity index (χ0v) is 21.0. The van der Waals surface area contributed by atoms with Gasteiger partial charge in [0.25, 0.3) is 5.91 Å². The number of rotatable bonds is 10. The summed E-state index contributed by atoms with van der Waals surface area (Å²) in [5, 5.41) is 5.88. The van der Waals surface area contributed by atoms with Crippen LogP contribution in [0.15, 0.2) is 48.5 Å². The Hall–Kier alpha value is -3.19. The highest BCUT2D eigenvalue weighted by molar-refractivity contribution is 6.01. The molecule has 7 nitrogen and oxygen atoms in total. The number of carbonyl (C=O) groups excluding carboxylic acids is 3. The summed E-state index contributed by atoms with van der Waals surface area (Å²) in [6.45, 7) is 8.67. The number of nitrogens with one attached hydrogen (secondary N) is 2. The lowest BCUT2D eigenvalue weighted by Gasteiger charge is -2.30. The van der Waals surface area contributed by atoms with E-state index in [-0.39, 0.29) is 29.6 Å². The van der Waals surface area contributed by atoms with E-state index in [1.807, 2.05) is 63.2 Å². The first-order chi connectivity index (χ1) is 16.7. The normalized spacial score (nSPS) is 15.5. The van der Waals surface area contributed by atoms with Gasteiger partial charge in [-0.2, -0.15) is 0 Å². The fraction of sp³-hybridized carbons (Fsp3) is 0.464. The summed E-state index contributed by atoms with van der Waals surface area (Å²) in [5.74, 6) is -0.383. The number of hydrogen-bond acceptors (Lipinski definition) is 4. The zero-order chi connectivity index (χ0) is 25.4. The molecule has 1 unspecified atom stereocenters. The van der Waals surface area contributed by atoms with Crippen molar-refractivity contribution in [2.45, 2.75) is 52.5 Å². The summed E-state index contributed by atoms with van der Waals surface area (Å²) >= 11 is 0. The molecular formula is C28H38N4O3. The van der Waals surface area contributed by atoms with Crippen molar-refractivity contribution in [3.05, 3.63) is 65.2 Å². The summed E-state index contributed by atoms with van der Waals surface area (Å²) in [7, 11) is 0. The Kier molecular flexibility index (Phi) is 9.43. The van der Waals surface area contributed by atoms with Crippen molar-refractivity contribution >= 4 is 23.4 Å². The van der Waals surface area contributed by atoms with Crippen molar-refractivity contribution < 1.29 is 14.4 Å². The average molecular weight is 479 g/mol. The number of carbonyl (C=O) groups is 3. The van der Waals surface area contributed by atoms with Crippen molar-refractivity contribution in [1.82, 2.24) is 10.2 Å².